The van der Waals surface area contributed by atoms with Gasteiger partial charge in [-0.3, -0.25) is 4.79 Å². The average molecular weight is 431 g/mol. The molecule has 1 unspecified atom stereocenters. The first-order valence-corrected chi connectivity index (χ1v) is 13.8. The number of rotatable bonds is 10. The Hall–Kier alpha value is -1.55. The molecule has 0 N–H and O–H groups in total. The summed E-state index contributed by atoms with van der Waals surface area (Å²) in [7, 11) is -1.98. The minimum absolute atomic E-state index is 0.234. The van der Waals surface area contributed by atoms with Gasteiger partial charge in [0.25, 0.3) is 8.32 Å². The summed E-state index contributed by atoms with van der Waals surface area (Å²) in [5, 5.41) is 0. The highest BCUT2D eigenvalue weighted by Gasteiger charge is 2.47. The molecule has 30 heavy (non-hydrogen) atoms. The van der Waals surface area contributed by atoms with Crippen molar-refractivity contribution in [2.24, 2.45) is 5.92 Å². The van der Waals surface area contributed by atoms with Gasteiger partial charge in [0, 0.05) is 18.9 Å². The van der Waals surface area contributed by atoms with Crippen molar-refractivity contribution in [3.8, 4) is 5.75 Å². The minimum Gasteiger partial charge on any atom is -0.541 e. The molecule has 0 saturated heterocycles. The van der Waals surface area contributed by atoms with Crippen LogP contribution in [-0.4, -0.2) is 14.1 Å². The van der Waals surface area contributed by atoms with E-state index in [-0.39, 0.29) is 5.78 Å². The van der Waals surface area contributed by atoms with Gasteiger partial charge in [0.05, 0.1) is 0 Å². The molecule has 0 saturated carbocycles. The summed E-state index contributed by atoms with van der Waals surface area (Å²) in [5.74, 6) is 2.38. The van der Waals surface area contributed by atoms with Crippen molar-refractivity contribution in [2.45, 2.75) is 104 Å². The largest absolute Gasteiger partial charge is 0.541 e. The Morgan fingerprint density at radius 2 is 1.80 bits per heavy atom. The number of carbonyl (C=O) groups excluding carboxylic acids is 1. The molecule has 0 aliphatic heterocycles. The second kappa shape index (κ2) is 10.7. The van der Waals surface area contributed by atoms with Gasteiger partial charge in [0.15, 0.2) is 5.78 Å². The molecule has 1 aliphatic carbocycles. The minimum atomic E-state index is -1.98. The molecule has 1 heterocycles. The predicted octanol–water partition coefficient (Wildman–Crippen LogP) is 8.03. The third-order valence-electron chi connectivity index (χ3n) is 6.59. The zero-order chi connectivity index (χ0) is 22.5. The van der Waals surface area contributed by atoms with Gasteiger partial charge in [0.1, 0.15) is 17.8 Å². The van der Waals surface area contributed by atoms with Crippen LogP contribution in [0.3, 0.4) is 0 Å². The van der Waals surface area contributed by atoms with Gasteiger partial charge < -0.3 is 8.84 Å². The molecule has 0 bridgehead atoms. The molecule has 0 radical (unpaired) electrons. The van der Waals surface area contributed by atoms with E-state index in [1.165, 1.54) is 5.57 Å². The maximum Gasteiger partial charge on any atom is 0.258 e. The van der Waals surface area contributed by atoms with Crippen molar-refractivity contribution in [3.63, 3.8) is 0 Å². The zero-order valence-corrected chi connectivity index (χ0v) is 21.4. The molecule has 0 fully saturated rings. The van der Waals surface area contributed by atoms with Crippen molar-refractivity contribution < 1.29 is 13.6 Å². The first kappa shape index (κ1) is 24.7. The highest BCUT2D eigenvalue weighted by atomic mass is 28.4. The summed E-state index contributed by atoms with van der Waals surface area (Å²) in [5.41, 5.74) is 4.01. The molecule has 3 nitrogen and oxygen atoms in total. The van der Waals surface area contributed by atoms with Crippen molar-refractivity contribution >= 4 is 14.1 Å². The normalized spacial score (nSPS) is 17.4. The van der Waals surface area contributed by atoms with Crippen LogP contribution in [0.1, 0.15) is 86.8 Å². The third kappa shape index (κ3) is 6.00. The summed E-state index contributed by atoms with van der Waals surface area (Å²) >= 11 is 0. The van der Waals surface area contributed by atoms with Crippen LogP contribution in [0.15, 0.2) is 40.0 Å². The van der Waals surface area contributed by atoms with E-state index in [4.69, 9.17) is 8.84 Å². The fourth-order valence-electron chi connectivity index (χ4n) is 5.34. The van der Waals surface area contributed by atoms with Crippen molar-refractivity contribution in [1.29, 1.82) is 0 Å². The maximum absolute atomic E-state index is 12.3. The Bertz CT molecular complexity index is 741. The lowest BCUT2D eigenvalue weighted by molar-refractivity contribution is -0.115. The molecule has 1 aromatic rings. The third-order valence-corrected chi connectivity index (χ3v) is 12.6. The fourth-order valence-corrected chi connectivity index (χ4v) is 10.6. The topological polar surface area (TPSA) is 39.4 Å². The van der Waals surface area contributed by atoms with Crippen molar-refractivity contribution in [1.82, 2.24) is 0 Å². The van der Waals surface area contributed by atoms with E-state index < -0.39 is 8.32 Å². The van der Waals surface area contributed by atoms with Gasteiger partial charge >= 0.3 is 0 Å². The lowest BCUT2D eigenvalue weighted by Crippen LogP contribution is -2.50. The van der Waals surface area contributed by atoms with Gasteiger partial charge in [-0.05, 0) is 61.7 Å². The lowest BCUT2D eigenvalue weighted by Gasteiger charge is -2.41. The second-order valence-electron chi connectivity index (χ2n) is 10.1. The molecule has 1 aliphatic rings. The molecule has 1 atom stereocenters. The summed E-state index contributed by atoms with van der Waals surface area (Å²) in [6, 6.07) is 2.08. The second-order valence-corrected chi connectivity index (χ2v) is 15.5. The van der Waals surface area contributed by atoms with Crippen LogP contribution in [0.2, 0.25) is 16.6 Å². The molecule has 0 spiro atoms. The van der Waals surface area contributed by atoms with Crippen molar-refractivity contribution in [2.75, 3.05) is 0 Å². The van der Waals surface area contributed by atoms with Gasteiger partial charge in [-0.1, -0.05) is 58.8 Å². The molecular formula is C26H42O3Si. The Labute approximate surface area is 185 Å². The van der Waals surface area contributed by atoms with E-state index in [9.17, 15) is 4.79 Å². The molecule has 168 valence electrons. The number of hydrogen-bond acceptors (Lipinski definition) is 3. The standard InChI is InChI=1S/C26H42O3Si/c1-18(2)13-24(27)14-22-11-9-10-12-23(22)15-25-16-26(17-28-25)29-30(19(3)4,20(5)6)21(7)8/h12-13,16-17,19-22H,9-11,14-15H2,1-8H3. The van der Waals surface area contributed by atoms with E-state index in [1.54, 1.807) is 12.3 Å². The van der Waals surface area contributed by atoms with Crippen LogP contribution in [0, 0.1) is 5.92 Å². The Morgan fingerprint density at radius 1 is 1.17 bits per heavy atom. The fraction of sp³-hybridized carbons (Fsp3) is 0.654. The maximum atomic E-state index is 12.3. The number of furan rings is 1. The molecule has 4 heteroatoms. The van der Waals surface area contributed by atoms with Gasteiger partial charge in [-0.2, -0.15) is 0 Å². The molecule has 1 aromatic heterocycles. The monoisotopic (exact) mass is 430 g/mol. The predicted molar refractivity (Wildman–Crippen MR) is 129 cm³/mol. The van der Waals surface area contributed by atoms with E-state index in [2.05, 4.69) is 53.7 Å². The Morgan fingerprint density at radius 3 is 2.37 bits per heavy atom. The highest BCUT2D eigenvalue weighted by molar-refractivity contribution is 6.78. The molecule has 0 amide bonds. The van der Waals surface area contributed by atoms with Gasteiger partial charge in [0.2, 0.25) is 0 Å². The van der Waals surface area contributed by atoms with E-state index in [0.717, 1.165) is 42.8 Å². The zero-order valence-electron chi connectivity index (χ0n) is 20.4. The van der Waals surface area contributed by atoms with Crippen LogP contribution < -0.4 is 4.43 Å². The van der Waals surface area contributed by atoms with Crippen LogP contribution in [0.5, 0.6) is 5.75 Å². The first-order chi connectivity index (χ1) is 14.1. The van der Waals surface area contributed by atoms with E-state index in [0.29, 0.717) is 29.0 Å². The summed E-state index contributed by atoms with van der Waals surface area (Å²) < 4.78 is 12.7. The highest BCUT2D eigenvalue weighted by Crippen LogP contribution is 2.43. The smallest absolute Gasteiger partial charge is 0.258 e. The summed E-state index contributed by atoms with van der Waals surface area (Å²) in [6.07, 6.45) is 10.6. The van der Waals surface area contributed by atoms with E-state index in [1.807, 2.05) is 13.8 Å². The quantitative estimate of drug-likeness (QED) is 0.214. The van der Waals surface area contributed by atoms with Crippen LogP contribution in [0.25, 0.3) is 0 Å². The first-order valence-electron chi connectivity index (χ1n) is 11.7. The van der Waals surface area contributed by atoms with Gasteiger partial charge in [-0.15, -0.1) is 0 Å². The van der Waals surface area contributed by atoms with Crippen LogP contribution in [-0.2, 0) is 11.2 Å². The number of ketones is 1. The van der Waals surface area contributed by atoms with E-state index >= 15 is 0 Å². The Balaban J connectivity index is 2.14. The number of allylic oxidation sites excluding steroid dienone is 4. The molecule has 2 rings (SSSR count). The molecular weight excluding hydrogens is 388 g/mol. The summed E-state index contributed by atoms with van der Waals surface area (Å²) in [4.78, 5) is 12.3. The SMILES string of the molecule is CC(C)=CC(=O)CC1CCCC=C1Cc1cc(O[Si](C(C)C)(C(C)C)C(C)C)co1. The number of hydrogen-bond donors (Lipinski definition) is 0. The van der Waals surface area contributed by atoms with Crippen molar-refractivity contribution in [3.05, 3.63) is 41.4 Å². The average Bonchev–Trinajstić information content (AvgIpc) is 3.06. The van der Waals surface area contributed by atoms with Gasteiger partial charge in [-0.25, -0.2) is 0 Å². The lowest BCUT2D eigenvalue weighted by atomic mass is 9.82. The summed E-state index contributed by atoms with van der Waals surface area (Å²) in [6.45, 7) is 17.8. The number of carbonyl (C=O) groups is 1. The van der Waals surface area contributed by atoms with Crippen LogP contribution in [0.4, 0.5) is 0 Å². The Kier molecular flexibility index (Phi) is 8.78. The van der Waals surface area contributed by atoms with Crippen LogP contribution >= 0.6 is 0 Å². The molecule has 0 aromatic carbocycles.